The second kappa shape index (κ2) is 7.74. The Balaban J connectivity index is 2.03. The molecular formula is C20H18NO5-. The zero-order valence-corrected chi connectivity index (χ0v) is 14.5. The summed E-state index contributed by atoms with van der Waals surface area (Å²) < 4.78 is 16.5. The number of carboxylic acid groups (broad SMARTS) is 1. The predicted octanol–water partition coefficient (Wildman–Crippen LogP) is 2.92. The minimum atomic E-state index is -1.21. The molecule has 134 valence electrons. The zero-order chi connectivity index (χ0) is 18.5. The molecule has 0 bridgehead atoms. The lowest BCUT2D eigenvalue weighted by molar-refractivity contribution is -0.304. The van der Waals surface area contributed by atoms with Gasteiger partial charge in [0.2, 0.25) is 5.89 Å². The van der Waals surface area contributed by atoms with Crippen LogP contribution in [0.2, 0.25) is 0 Å². The van der Waals surface area contributed by atoms with E-state index in [1.165, 1.54) is 0 Å². The highest BCUT2D eigenvalue weighted by Crippen LogP contribution is 2.31. The van der Waals surface area contributed by atoms with Crippen LogP contribution in [0.1, 0.15) is 24.8 Å². The SMILES string of the molecule is CCOc1ccc(/C=C(\CC(=O)[O-])c2nc3ccccc3o2)cc1OC. The fourth-order valence-electron chi connectivity index (χ4n) is 2.60. The van der Waals surface area contributed by atoms with Gasteiger partial charge in [-0.25, -0.2) is 4.98 Å². The number of para-hydroxylation sites is 2. The van der Waals surface area contributed by atoms with Gasteiger partial charge in [0.25, 0.3) is 0 Å². The van der Waals surface area contributed by atoms with Gasteiger partial charge < -0.3 is 23.8 Å². The van der Waals surface area contributed by atoms with Gasteiger partial charge in [-0.3, -0.25) is 0 Å². The molecular weight excluding hydrogens is 334 g/mol. The molecule has 0 radical (unpaired) electrons. The molecule has 3 rings (SSSR count). The topological polar surface area (TPSA) is 84.6 Å². The average Bonchev–Trinajstić information content (AvgIpc) is 3.06. The van der Waals surface area contributed by atoms with E-state index in [-0.39, 0.29) is 12.3 Å². The van der Waals surface area contributed by atoms with Gasteiger partial charge in [-0.15, -0.1) is 0 Å². The fraction of sp³-hybridized carbons (Fsp3) is 0.200. The summed E-state index contributed by atoms with van der Waals surface area (Å²) in [6.07, 6.45) is 1.38. The van der Waals surface area contributed by atoms with Crippen molar-refractivity contribution in [1.82, 2.24) is 4.98 Å². The third-order valence-corrected chi connectivity index (χ3v) is 3.73. The summed E-state index contributed by atoms with van der Waals surface area (Å²) in [5.41, 5.74) is 2.41. The Morgan fingerprint density at radius 2 is 2.04 bits per heavy atom. The van der Waals surface area contributed by atoms with Crippen LogP contribution in [0, 0.1) is 0 Å². The van der Waals surface area contributed by atoms with Crippen LogP contribution in [0.3, 0.4) is 0 Å². The highest BCUT2D eigenvalue weighted by molar-refractivity contribution is 5.90. The number of hydrogen-bond donors (Lipinski definition) is 0. The summed E-state index contributed by atoms with van der Waals surface area (Å²) in [6, 6.07) is 12.6. The minimum Gasteiger partial charge on any atom is -0.550 e. The van der Waals surface area contributed by atoms with Crippen molar-refractivity contribution in [2.45, 2.75) is 13.3 Å². The van der Waals surface area contributed by atoms with E-state index in [1.807, 2.05) is 25.1 Å². The van der Waals surface area contributed by atoms with Crippen molar-refractivity contribution in [2.24, 2.45) is 0 Å². The number of nitrogens with zero attached hydrogens (tertiary/aromatic N) is 1. The molecule has 6 heteroatoms. The van der Waals surface area contributed by atoms with E-state index in [0.717, 1.165) is 5.56 Å². The number of carbonyl (C=O) groups is 1. The molecule has 1 aromatic heterocycles. The van der Waals surface area contributed by atoms with E-state index in [9.17, 15) is 9.90 Å². The van der Waals surface area contributed by atoms with Gasteiger partial charge in [0, 0.05) is 18.0 Å². The number of rotatable bonds is 7. The standard InChI is InChI=1S/C20H19NO5/c1-3-25-17-9-8-13(11-18(17)24-2)10-14(12-19(22)23)20-21-15-6-4-5-7-16(15)26-20/h4-11H,3,12H2,1-2H3,(H,22,23)/p-1/b14-10+. The normalized spacial score (nSPS) is 11.5. The maximum Gasteiger partial charge on any atom is 0.223 e. The summed E-state index contributed by atoms with van der Waals surface area (Å²) in [5.74, 6) is 0.223. The molecule has 0 aliphatic heterocycles. The van der Waals surface area contributed by atoms with Gasteiger partial charge in [0.15, 0.2) is 17.1 Å². The summed E-state index contributed by atoms with van der Waals surface area (Å²) in [7, 11) is 1.55. The van der Waals surface area contributed by atoms with Crippen molar-refractivity contribution in [3.05, 3.63) is 53.9 Å². The summed E-state index contributed by atoms with van der Waals surface area (Å²) >= 11 is 0. The molecule has 26 heavy (non-hydrogen) atoms. The number of methoxy groups -OCH3 is 1. The molecule has 0 N–H and O–H groups in total. The Morgan fingerprint density at radius 1 is 1.23 bits per heavy atom. The van der Waals surface area contributed by atoms with Crippen LogP contribution in [0.5, 0.6) is 11.5 Å². The lowest BCUT2D eigenvalue weighted by Gasteiger charge is -2.10. The average molecular weight is 352 g/mol. The number of benzene rings is 2. The Bertz CT molecular complexity index is 925. The second-order valence-electron chi connectivity index (χ2n) is 5.55. The lowest BCUT2D eigenvalue weighted by atomic mass is 10.1. The quantitative estimate of drug-likeness (QED) is 0.650. The van der Waals surface area contributed by atoms with Crippen molar-refractivity contribution in [2.75, 3.05) is 13.7 Å². The first-order chi connectivity index (χ1) is 12.6. The van der Waals surface area contributed by atoms with Crippen LogP contribution >= 0.6 is 0 Å². The van der Waals surface area contributed by atoms with Crippen molar-refractivity contribution in [1.29, 1.82) is 0 Å². The predicted molar refractivity (Wildman–Crippen MR) is 95.7 cm³/mol. The monoisotopic (exact) mass is 352 g/mol. The van der Waals surface area contributed by atoms with Crippen molar-refractivity contribution in [3.8, 4) is 11.5 Å². The Morgan fingerprint density at radius 3 is 2.73 bits per heavy atom. The van der Waals surface area contributed by atoms with Crippen LogP contribution in [0.25, 0.3) is 22.7 Å². The number of aliphatic carboxylic acids is 1. The Hall–Kier alpha value is -3.28. The molecule has 0 saturated carbocycles. The van der Waals surface area contributed by atoms with Gasteiger partial charge in [0.1, 0.15) is 5.52 Å². The maximum atomic E-state index is 11.2. The third kappa shape index (κ3) is 3.85. The maximum absolute atomic E-state index is 11.2. The highest BCUT2D eigenvalue weighted by Gasteiger charge is 2.12. The molecule has 0 spiro atoms. The molecule has 0 atom stereocenters. The summed E-state index contributed by atoms with van der Waals surface area (Å²) in [5, 5.41) is 11.2. The van der Waals surface area contributed by atoms with Crippen LogP contribution in [-0.2, 0) is 4.79 Å². The highest BCUT2D eigenvalue weighted by atomic mass is 16.5. The van der Waals surface area contributed by atoms with E-state index in [1.54, 1.807) is 37.5 Å². The van der Waals surface area contributed by atoms with E-state index in [0.29, 0.717) is 34.8 Å². The zero-order valence-electron chi connectivity index (χ0n) is 14.5. The number of oxazole rings is 1. The largest absolute Gasteiger partial charge is 0.550 e. The molecule has 6 nitrogen and oxygen atoms in total. The molecule has 3 aromatic rings. The number of carboxylic acids is 1. The molecule has 0 amide bonds. The molecule has 1 heterocycles. The van der Waals surface area contributed by atoms with Gasteiger partial charge in [-0.05, 0) is 42.8 Å². The molecule has 0 aliphatic carbocycles. The molecule has 2 aromatic carbocycles. The van der Waals surface area contributed by atoms with E-state index >= 15 is 0 Å². The first kappa shape index (κ1) is 17.5. The van der Waals surface area contributed by atoms with Crippen molar-refractivity contribution >= 4 is 28.7 Å². The van der Waals surface area contributed by atoms with Crippen LogP contribution in [0.4, 0.5) is 0 Å². The van der Waals surface area contributed by atoms with Gasteiger partial charge in [-0.1, -0.05) is 18.2 Å². The van der Waals surface area contributed by atoms with Crippen molar-refractivity contribution < 1.29 is 23.8 Å². The summed E-state index contributed by atoms with van der Waals surface area (Å²) in [6.45, 7) is 2.41. The first-order valence-electron chi connectivity index (χ1n) is 8.18. The minimum absolute atomic E-state index is 0.253. The summed E-state index contributed by atoms with van der Waals surface area (Å²) in [4.78, 5) is 15.6. The fourth-order valence-corrected chi connectivity index (χ4v) is 2.60. The number of ether oxygens (including phenoxy) is 2. The Labute approximate surface area is 150 Å². The van der Waals surface area contributed by atoms with Crippen LogP contribution in [-0.4, -0.2) is 24.7 Å². The number of carbonyl (C=O) groups excluding carboxylic acids is 1. The molecule has 0 fully saturated rings. The lowest BCUT2D eigenvalue weighted by Crippen LogP contribution is -2.22. The molecule has 0 unspecified atom stereocenters. The first-order valence-corrected chi connectivity index (χ1v) is 8.18. The Kier molecular flexibility index (Phi) is 5.22. The smallest absolute Gasteiger partial charge is 0.223 e. The number of hydrogen-bond acceptors (Lipinski definition) is 6. The number of fused-ring (bicyclic) bond motifs is 1. The van der Waals surface area contributed by atoms with Crippen molar-refractivity contribution in [3.63, 3.8) is 0 Å². The van der Waals surface area contributed by atoms with E-state index in [4.69, 9.17) is 13.9 Å². The van der Waals surface area contributed by atoms with Gasteiger partial charge in [0.05, 0.1) is 13.7 Å². The molecule has 0 aliphatic rings. The van der Waals surface area contributed by atoms with E-state index in [2.05, 4.69) is 4.98 Å². The second-order valence-corrected chi connectivity index (χ2v) is 5.55. The van der Waals surface area contributed by atoms with E-state index < -0.39 is 5.97 Å². The third-order valence-electron chi connectivity index (χ3n) is 3.73. The van der Waals surface area contributed by atoms with Crippen LogP contribution in [0.15, 0.2) is 46.9 Å². The van der Waals surface area contributed by atoms with Gasteiger partial charge in [-0.2, -0.15) is 0 Å². The van der Waals surface area contributed by atoms with Gasteiger partial charge >= 0.3 is 0 Å². The van der Waals surface area contributed by atoms with Crippen LogP contribution < -0.4 is 14.6 Å². The number of aromatic nitrogens is 1. The molecule has 0 saturated heterocycles.